The van der Waals surface area contributed by atoms with E-state index in [1.165, 1.54) is 0 Å². The van der Waals surface area contributed by atoms with E-state index < -0.39 is 10.8 Å². The van der Waals surface area contributed by atoms with E-state index in [4.69, 9.17) is 0 Å². The second kappa shape index (κ2) is 1.89. The molecule has 2 bridgehead atoms. The van der Waals surface area contributed by atoms with E-state index in [9.17, 15) is 9.59 Å². The first-order valence-electron chi connectivity index (χ1n) is 4.87. The normalized spacial score (nSPS) is 47.4. The number of carbonyl (C=O) groups is 2. The van der Waals surface area contributed by atoms with Crippen molar-refractivity contribution in [3.63, 3.8) is 0 Å². The molecular weight excluding hydrogens is 164 g/mol. The Labute approximate surface area is 78.7 Å². The van der Waals surface area contributed by atoms with Gasteiger partial charge in [0.2, 0.25) is 11.6 Å². The highest BCUT2D eigenvalue weighted by Crippen LogP contribution is 2.68. The highest BCUT2D eigenvalue weighted by molar-refractivity contribution is 6.44. The minimum atomic E-state index is -0.390. The minimum absolute atomic E-state index is 0.133. The monoisotopic (exact) mass is 180 g/mol. The van der Waals surface area contributed by atoms with Crippen LogP contribution in [-0.2, 0) is 9.59 Å². The number of rotatable bonds is 0. The molecule has 2 atom stereocenters. The van der Waals surface area contributed by atoms with Crippen molar-refractivity contribution in [1.82, 2.24) is 0 Å². The Morgan fingerprint density at radius 3 is 1.31 bits per heavy atom. The third kappa shape index (κ3) is 0.608. The summed E-state index contributed by atoms with van der Waals surface area (Å²) in [6.07, 6.45) is 1.75. The van der Waals surface area contributed by atoms with Crippen molar-refractivity contribution in [1.29, 1.82) is 0 Å². The molecule has 0 aromatic carbocycles. The number of ketones is 2. The SMILES string of the molecule is CC12CCC(C)(C(=O)C1=O)C2(C)C. The van der Waals surface area contributed by atoms with Crippen LogP contribution in [0.2, 0.25) is 0 Å². The third-order valence-electron chi connectivity index (χ3n) is 5.09. The summed E-state index contributed by atoms with van der Waals surface area (Å²) >= 11 is 0. The van der Waals surface area contributed by atoms with Gasteiger partial charge in [-0.05, 0) is 18.3 Å². The van der Waals surface area contributed by atoms with Crippen LogP contribution in [-0.4, -0.2) is 11.6 Å². The molecule has 2 heteroatoms. The maximum Gasteiger partial charge on any atom is 0.205 e. The van der Waals surface area contributed by atoms with Crippen LogP contribution < -0.4 is 0 Å². The molecule has 0 N–H and O–H groups in total. The van der Waals surface area contributed by atoms with Crippen molar-refractivity contribution in [2.75, 3.05) is 0 Å². The van der Waals surface area contributed by atoms with Crippen molar-refractivity contribution in [3.8, 4) is 0 Å². The van der Waals surface area contributed by atoms with Crippen LogP contribution in [0, 0.1) is 16.2 Å². The predicted octanol–water partition coefficient (Wildman–Crippen LogP) is 1.97. The van der Waals surface area contributed by atoms with Crippen LogP contribution in [0.25, 0.3) is 0 Å². The van der Waals surface area contributed by atoms with Crippen LogP contribution >= 0.6 is 0 Å². The molecule has 0 saturated heterocycles. The number of fused-ring (bicyclic) bond motifs is 2. The Balaban J connectivity index is 2.68. The summed E-state index contributed by atoms with van der Waals surface area (Å²) in [5.41, 5.74) is -0.939. The van der Waals surface area contributed by atoms with Gasteiger partial charge in [-0.2, -0.15) is 0 Å². The van der Waals surface area contributed by atoms with Crippen molar-refractivity contribution in [2.45, 2.75) is 40.5 Å². The lowest BCUT2D eigenvalue weighted by Gasteiger charge is -2.35. The quantitative estimate of drug-likeness (QED) is 0.534. The Morgan fingerprint density at radius 1 is 0.846 bits per heavy atom. The molecule has 2 saturated carbocycles. The van der Waals surface area contributed by atoms with Gasteiger partial charge in [0.1, 0.15) is 0 Å². The molecule has 0 aromatic rings. The molecule has 0 aliphatic heterocycles. The summed E-state index contributed by atoms with van der Waals surface area (Å²) in [5, 5.41) is 0. The van der Waals surface area contributed by atoms with Gasteiger partial charge in [0.05, 0.1) is 0 Å². The van der Waals surface area contributed by atoms with Crippen molar-refractivity contribution >= 4 is 11.6 Å². The average Bonchev–Trinajstić information content (AvgIpc) is 2.28. The van der Waals surface area contributed by atoms with Crippen molar-refractivity contribution in [2.24, 2.45) is 16.2 Å². The summed E-state index contributed by atoms with van der Waals surface area (Å²) in [5.74, 6) is -0.266. The molecule has 2 nitrogen and oxygen atoms in total. The number of carbonyl (C=O) groups excluding carboxylic acids is 2. The van der Waals surface area contributed by atoms with Crippen molar-refractivity contribution in [3.05, 3.63) is 0 Å². The van der Waals surface area contributed by atoms with Gasteiger partial charge in [0, 0.05) is 10.8 Å². The van der Waals surface area contributed by atoms with Gasteiger partial charge in [0.25, 0.3) is 0 Å². The maximum absolute atomic E-state index is 11.8. The lowest BCUT2D eigenvalue weighted by atomic mass is 9.66. The topological polar surface area (TPSA) is 34.1 Å². The van der Waals surface area contributed by atoms with Crippen LogP contribution in [0.1, 0.15) is 40.5 Å². The molecule has 0 radical (unpaired) electrons. The lowest BCUT2D eigenvalue weighted by molar-refractivity contribution is -0.143. The van der Waals surface area contributed by atoms with Gasteiger partial charge in [-0.15, -0.1) is 0 Å². The van der Waals surface area contributed by atoms with E-state index in [-0.39, 0.29) is 17.0 Å². The fraction of sp³-hybridized carbons (Fsp3) is 0.818. The maximum atomic E-state index is 11.8. The molecule has 2 aliphatic rings. The van der Waals surface area contributed by atoms with Gasteiger partial charge in [0.15, 0.2) is 0 Å². The summed E-state index contributed by atoms with van der Waals surface area (Å²) in [4.78, 5) is 23.5. The van der Waals surface area contributed by atoms with Crippen molar-refractivity contribution < 1.29 is 9.59 Å². The fourth-order valence-corrected chi connectivity index (χ4v) is 3.03. The van der Waals surface area contributed by atoms with E-state index in [0.29, 0.717) is 0 Å². The first kappa shape index (κ1) is 8.92. The number of hydrogen-bond acceptors (Lipinski definition) is 2. The van der Waals surface area contributed by atoms with E-state index >= 15 is 0 Å². The number of Topliss-reactive ketones (excluding diaryl/α,β-unsaturated/α-hetero) is 2. The first-order chi connectivity index (χ1) is 5.77. The van der Waals surface area contributed by atoms with E-state index in [1.54, 1.807) is 0 Å². The van der Waals surface area contributed by atoms with Gasteiger partial charge in [-0.25, -0.2) is 0 Å². The zero-order valence-corrected chi connectivity index (χ0v) is 8.73. The minimum Gasteiger partial charge on any atom is -0.290 e. The zero-order chi connectivity index (χ0) is 10.1. The van der Waals surface area contributed by atoms with Crippen LogP contribution in [0.15, 0.2) is 0 Å². The van der Waals surface area contributed by atoms with Gasteiger partial charge >= 0.3 is 0 Å². The summed E-state index contributed by atoms with van der Waals surface area (Å²) in [7, 11) is 0. The summed E-state index contributed by atoms with van der Waals surface area (Å²) in [6.45, 7) is 8.02. The fourth-order valence-electron chi connectivity index (χ4n) is 3.03. The molecule has 2 unspecified atom stereocenters. The van der Waals surface area contributed by atoms with Gasteiger partial charge < -0.3 is 0 Å². The Bertz CT molecular complexity index is 286. The lowest BCUT2D eigenvalue weighted by Crippen LogP contribution is -2.34. The first-order valence-corrected chi connectivity index (χ1v) is 4.87. The predicted molar refractivity (Wildman–Crippen MR) is 49.2 cm³/mol. The largest absolute Gasteiger partial charge is 0.290 e. The van der Waals surface area contributed by atoms with Gasteiger partial charge in [-0.3, -0.25) is 9.59 Å². The van der Waals surface area contributed by atoms with Crippen LogP contribution in [0.3, 0.4) is 0 Å². The summed E-state index contributed by atoms with van der Waals surface area (Å²) < 4.78 is 0. The average molecular weight is 180 g/mol. The van der Waals surface area contributed by atoms with Crippen LogP contribution in [0.5, 0.6) is 0 Å². The van der Waals surface area contributed by atoms with E-state index in [1.807, 2.05) is 13.8 Å². The van der Waals surface area contributed by atoms with E-state index in [2.05, 4.69) is 13.8 Å². The smallest absolute Gasteiger partial charge is 0.205 e. The molecule has 72 valence electrons. The van der Waals surface area contributed by atoms with Crippen LogP contribution in [0.4, 0.5) is 0 Å². The molecule has 2 aliphatic carbocycles. The summed E-state index contributed by atoms with van der Waals surface area (Å²) in [6, 6.07) is 0. The molecule has 13 heavy (non-hydrogen) atoms. The Hall–Kier alpha value is -0.660. The molecule has 0 amide bonds. The Morgan fingerprint density at radius 2 is 1.15 bits per heavy atom. The highest BCUT2D eigenvalue weighted by atomic mass is 16.2. The molecule has 2 rings (SSSR count). The highest BCUT2D eigenvalue weighted by Gasteiger charge is 2.72. The zero-order valence-electron chi connectivity index (χ0n) is 8.73. The Kier molecular flexibility index (Phi) is 1.30. The van der Waals surface area contributed by atoms with E-state index in [0.717, 1.165) is 12.8 Å². The molecule has 0 spiro atoms. The number of hydrogen-bond donors (Lipinski definition) is 0. The second-order valence-corrected chi connectivity index (χ2v) is 5.45. The second-order valence-electron chi connectivity index (χ2n) is 5.45. The molecular formula is C11H16O2. The third-order valence-corrected chi connectivity index (χ3v) is 5.09. The molecule has 0 heterocycles. The van der Waals surface area contributed by atoms with Gasteiger partial charge in [-0.1, -0.05) is 27.7 Å². The molecule has 0 aromatic heterocycles. The standard InChI is InChI=1S/C11H16O2/c1-9(2)10(3)5-6-11(9,4)8(13)7(10)12/h5-6H2,1-4H3. The molecule has 2 fully saturated rings.